The molecule has 0 aliphatic rings. The Kier molecular flexibility index (Phi) is 3.88. The zero-order valence-corrected chi connectivity index (χ0v) is 13.2. The normalized spacial score (nSPS) is 12.7. The molecule has 4 heteroatoms. The smallest absolute Gasteiger partial charge is 0.179 e. The molecular weight excluding hydrogens is 278 g/mol. The van der Waals surface area contributed by atoms with E-state index in [2.05, 4.69) is 58.7 Å². The number of hydrogen-bond acceptors (Lipinski definition) is 2. The summed E-state index contributed by atoms with van der Waals surface area (Å²) in [5.41, 5.74) is 4.55. The lowest BCUT2D eigenvalue weighted by Gasteiger charge is -2.14. The van der Waals surface area contributed by atoms with Crippen LogP contribution in [-0.4, -0.2) is 14.5 Å². The highest BCUT2D eigenvalue weighted by molar-refractivity contribution is 7.71. The van der Waals surface area contributed by atoms with E-state index < -0.39 is 0 Å². The Bertz CT molecular complexity index is 802. The maximum atomic E-state index is 5.49. The van der Waals surface area contributed by atoms with E-state index in [-0.39, 0.29) is 0 Å². The number of benzene rings is 1. The van der Waals surface area contributed by atoms with Crippen LogP contribution in [-0.2, 0) is 6.42 Å². The number of pyridine rings is 1. The second-order valence-corrected chi connectivity index (χ2v) is 5.89. The summed E-state index contributed by atoms with van der Waals surface area (Å²) in [6.07, 6.45) is 3.93. The fourth-order valence-corrected chi connectivity index (χ4v) is 3.07. The van der Waals surface area contributed by atoms with Gasteiger partial charge in [0.15, 0.2) is 10.4 Å². The van der Waals surface area contributed by atoms with E-state index >= 15 is 0 Å². The van der Waals surface area contributed by atoms with Crippen molar-refractivity contribution in [2.24, 2.45) is 0 Å². The third kappa shape index (κ3) is 2.76. The van der Waals surface area contributed by atoms with Crippen molar-refractivity contribution >= 4 is 23.4 Å². The summed E-state index contributed by atoms with van der Waals surface area (Å²) < 4.78 is 2.90. The topological polar surface area (TPSA) is 33.6 Å². The van der Waals surface area contributed by atoms with Crippen LogP contribution in [0, 0.1) is 11.7 Å². The van der Waals surface area contributed by atoms with Gasteiger partial charge in [-0.15, -0.1) is 0 Å². The molecule has 1 N–H and O–H groups in total. The second-order valence-electron chi connectivity index (χ2n) is 5.50. The van der Waals surface area contributed by atoms with E-state index in [0.717, 1.165) is 28.8 Å². The summed E-state index contributed by atoms with van der Waals surface area (Å²) in [5, 5.41) is 0. The summed E-state index contributed by atoms with van der Waals surface area (Å²) >= 11 is 5.49. The zero-order valence-electron chi connectivity index (χ0n) is 12.3. The molecule has 2 heterocycles. The Morgan fingerprint density at radius 3 is 2.76 bits per heavy atom. The van der Waals surface area contributed by atoms with Gasteiger partial charge in [-0.3, -0.25) is 4.57 Å². The molecule has 3 rings (SSSR count). The van der Waals surface area contributed by atoms with Gasteiger partial charge in [-0.2, -0.15) is 0 Å². The van der Waals surface area contributed by atoms with E-state index in [0.29, 0.717) is 6.04 Å². The fraction of sp³-hybridized carbons (Fsp3) is 0.294. The van der Waals surface area contributed by atoms with E-state index in [9.17, 15) is 0 Å². The number of nitrogens with one attached hydrogen (secondary N) is 1. The average molecular weight is 297 g/mol. The quantitative estimate of drug-likeness (QED) is 0.714. The van der Waals surface area contributed by atoms with Gasteiger partial charge in [0.1, 0.15) is 0 Å². The lowest BCUT2D eigenvalue weighted by atomic mass is 10.1. The number of aryl methyl sites for hydroxylation is 2. The van der Waals surface area contributed by atoms with Gasteiger partial charge < -0.3 is 4.98 Å². The summed E-state index contributed by atoms with van der Waals surface area (Å²) in [6, 6.07) is 12.9. The van der Waals surface area contributed by atoms with Crippen LogP contribution in [0.5, 0.6) is 0 Å². The van der Waals surface area contributed by atoms with Crippen LogP contribution in [0.15, 0.2) is 42.6 Å². The molecule has 0 fully saturated rings. The summed E-state index contributed by atoms with van der Waals surface area (Å²) in [5.74, 6) is 0. The highest BCUT2D eigenvalue weighted by Gasteiger charge is 2.13. The average Bonchev–Trinajstić information content (AvgIpc) is 2.84. The monoisotopic (exact) mass is 297 g/mol. The first-order chi connectivity index (χ1) is 10.2. The number of aromatic amines is 1. The lowest BCUT2D eigenvalue weighted by molar-refractivity contribution is 0.511. The highest BCUT2D eigenvalue weighted by Crippen LogP contribution is 2.22. The standard InChI is InChI=1S/C17H19N3S/c1-12-10-11-18-16-15(12)19-17(21)20(16)13(2)8-9-14-6-4-3-5-7-14/h3-7,10-11,13H,8-9H2,1-2H3,(H,19,21). The molecule has 0 amide bonds. The fourth-order valence-electron chi connectivity index (χ4n) is 2.70. The Labute approximate surface area is 129 Å². The van der Waals surface area contributed by atoms with Gasteiger partial charge in [0.25, 0.3) is 0 Å². The molecule has 0 saturated carbocycles. The van der Waals surface area contributed by atoms with Crippen molar-refractivity contribution in [1.82, 2.24) is 14.5 Å². The minimum absolute atomic E-state index is 0.320. The SMILES string of the molecule is Cc1ccnc2c1[nH]c(=S)n2C(C)CCc1ccccc1. The van der Waals surface area contributed by atoms with Crippen LogP contribution in [0.1, 0.15) is 30.5 Å². The van der Waals surface area contributed by atoms with Crippen molar-refractivity contribution in [3.8, 4) is 0 Å². The molecule has 1 unspecified atom stereocenters. The number of H-pyrrole nitrogens is 1. The van der Waals surface area contributed by atoms with Crippen LogP contribution in [0.2, 0.25) is 0 Å². The molecule has 0 saturated heterocycles. The molecule has 21 heavy (non-hydrogen) atoms. The van der Waals surface area contributed by atoms with Crippen molar-refractivity contribution in [2.45, 2.75) is 32.7 Å². The summed E-state index contributed by atoms with van der Waals surface area (Å²) in [7, 11) is 0. The number of hydrogen-bond donors (Lipinski definition) is 1. The Hall–Kier alpha value is -1.94. The van der Waals surface area contributed by atoms with Crippen LogP contribution in [0.4, 0.5) is 0 Å². The molecule has 3 aromatic rings. The van der Waals surface area contributed by atoms with Gasteiger partial charge in [0, 0.05) is 12.2 Å². The van der Waals surface area contributed by atoms with Gasteiger partial charge in [-0.25, -0.2) is 4.98 Å². The number of nitrogens with zero attached hydrogens (tertiary/aromatic N) is 2. The Morgan fingerprint density at radius 1 is 1.24 bits per heavy atom. The number of aromatic nitrogens is 3. The molecule has 0 spiro atoms. The van der Waals surface area contributed by atoms with Crippen LogP contribution in [0.3, 0.4) is 0 Å². The molecule has 1 atom stereocenters. The van der Waals surface area contributed by atoms with E-state index in [1.165, 1.54) is 11.1 Å². The third-order valence-corrected chi connectivity index (χ3v) is 4.25. The van der Waals surface area contributed by atoms with Gasteiger partial charge in [-0.1, -0.05) is 30.3 Å². The Morgan fingerprint density at radius 2 is 2.00 bits per heavy atom. The van der Waals surface area contributed by atoms with Gasteiger partial charge in [-0.05, 0) is 56.1 Å². The van der Waals surface area contributed by atoms with E-state index in [4.69, 9.17) is 12.2 Å². The first-order valence-corrected chi connectivity index (χ1v) is 7.67. The molecule has 3 nitrogen and oxygen atoms in total. The minimum Gasteiger partial charge on any atom is -0.329 e. The van der Waals surface area contributed by atoms with Crippen LogP contribution < -0.4 is 0 Å². The minimum atomic E-state index is 0.320. The number of fused-ring (bicyclic) bond motifs is 1. The molecule has 0 aliphatic heterocycles. The van der Waals surface area contributed by atoms with Crippen molar-refractivity contribution < 1.29 is 0 Å². The van der Waals surface area contributed by atoms with Crippen LogP contribution >= 0.6 is 12.2 Å². The molecule has 1 aromatic carbocycles. The van der Waals surface area contributed by atoms with Gasteiger partial charge in [0.05, 0.1) is 5.52 Å². The largest absolute Gasteiger partial charge is 0.329 e. The van der Waals surface area contributed by atoms with E-state index in [1.807, 2.05) is 12.3 Å². The first kappa shape index (κ1) is 14.0. The predicted molar refractivity (Wildman–Crippen MR) is 89.1 cm³/mol. The molecule has 2 aromatic heterocycles. The van der Waals surface area contributed by atoms with Crippen molar-refractivity contribution in [3.63, 3.8) is 0 Å². The third-order valence-electron chi connectivity index (χ3n) is 3.95. The van der Waals surface area contributed by atoms with Crippen molar-refractivity contribution in [3.05, 3.63) is 58.5 Å². The predicted octanol–water partition coefficient (Wildman–Crippen LogP) is 4.60. The number of rotatable bonds is 4. The van der Waals surface area contributed by atoms with Crippen molar-refractivity contribution in [2.75, 3.05) is 0 Å². The van der Waals surface area contributed by atoms with Gasteiger partial charge in [0.2, 0.25) is 0 Å². The maximum Gasteiger partial charge on any atom is 0.179 e. The van der Waals surface area contributed by atoms with Gasteiger partial charge >= 0.3 is 0 Å². The Balaban J connectivity index is 1.88. The lowest BCUT2D eigenvalue weighted by Crippen LogP contribution is -2.07. The van der Waals surface area contributed by atoms with Crippen molar-refractivity contribution in [1.29, 1.82) is 0 Å². The maximum absolute atomic E-state index is 5.49. The van der Waals surface area contributed by atoms with Crippen LogP contribution in [0.25, 0.3) is 11.2 Å². The molecular formula is C17H19N3S. The summed E-state index contributed by atoms with van der Waals surface area (Å²) in [4.78, 5) is 7.79. The second kappa shape index (κ2) is 5.82. The first-order valence-electron chi connectivity index (χ1n) is 7.26. The highest BCUT2D eigenvalue weighted by atomic mass is 32.1. The summed E-state index contributed by atoms with van der Waals surface area (Å²) in [6.45, 7) is 4.28. The van der Waals surface area contributed by atoms with E-state index in [1.54, 1.807) is 0 Å². The zero-order chi connectivity index (χ0) is 14.8. The molecule has 0 aliphatic carbocycles. The number of imidazole rings is 1. The molecule has 108 valence electrons. The molecule has 0 bridgehead atoms. The molecule has 0 radical (unpaired) electrons.